The normalized spacial score (nSPS) is 11.1. The summed E-state index contributed by atoms with van der Waals surface area (Å²) in [5.74, 6) is 0.623. The van der Waals surface area contributed by atoms with E-state index in [4.69, 9.17) is 4.52 Å². The van der Waals surface area contributed by atoms with Crippen LogP contribution >= 0.6 is 0 Å². The largest absolute Gasteiger partial charge is 0.361 e. The predicted octanol–water partition coefficient (Wildman–Crippen LogP) is 3.36. The van der Waals surface area contributed by atoms with Gasteiger partial charge in [-0.2, -0.15) is 5.10 Å². The second-order valence-corrected chi connectivity index (χ2v) is 6.89. The van der Waals surface area contributed by atoms with Gasteiger partial charge < -0.3 is 9.42 Å². The van der Waals surface area contributed by atoms with Crippen molar-refractivity contribution in [3.8, 4) is 0 Å². The number of nitrogens with zero attached hydrogens (tertiary/aromatic N) is 5. The first-order valence-electron chi connectivity index (χ1n) is 9.05. The van der Waals surface area contributed by atoms with Gasteiger partial charge in [0.25, 0.3) is 5.91 Å². The van der Waals surface area contributed by atoms with Gasteiger partial charge in [-0.25, -0.2) is 9.67 Å². The van der Waals surface area contributed by atoms with Gasteiger partial charge in [0.05, 0.1) is 30.5 Å². The zero-order chi connectivity index (χ0) is 19.7. The summed E-state index contributed by atoms with van der Waals surface area (Å²) < 4.78 is 7.02. The third kappa shape index (κ3) is 3.38. The minimum Gasteiger partial charge on any atom is -0.361 e. The molecular formula is C21H21N5O2. The van der Waals surface area contributed by atoms with Crippen molar-refractivity contribution >= 4 is 16.9 Å². The van der Waals surface area contributed by atoms with Crippen molar-refractivity contribution in [3.05, 3.63) is 76.9 Å². The SMILES string of the molecule is Cc1noc(C)c1CN(C)C(=O)c1cnc2c(cnn2Cc2ccccc2)c1. The average Bonchev–Trinajstić information content (AvgIpc) is 3.25. The second-order valence-electron chi connectivity index (χ2n) is 6.89. The quantitative estimate of drug-likeness (QED) is 0.535. The molecule has 0 atom stereocenters. The van der Waals surface area contributed by atoms with E-state index < -0.39 is 0 Å². The Labute approximate surface area is 162 Å². The summed E-state index contributed by atoms with van der Waals surface area (Å²) in [5.41, 5.74) is 4.16. The van der Waals surface area contributed by atoms with E-state index in [0.29, 0.717) is 18.7 Å². The first-order chi connectivity index (χ1) is 13.5. The van der Waals surface area contributed by atoms with Crippen LogP contribution in [0.5, 0.6) is 0 Å². The van der Waals surface area contributed by atoms with Crippen LogP contribution in [0, 0.1) is 13.8 Å². The third-order valence-electron chi connectivity index (χ3n) is 4.82. The highest BCUT2D eigenvalue weighted by molar-refractivity contribution is 5.96. The average molecular weight is 375 g/mol. The van der Waals surface area contributed by atoms with E-state index in [1.54, 1.807) is 24.3 Å². The lowest BCUT2D eigenvalue weighted by molar-refractivity contribution is 0.0784. The lowest BCUT2D eigenvalue weighted by atomic mass is 10.1. The van der Waals surface area contributed by atoms with Gasteiger partial charge in [0, 0.05) is 24.2 Å². The molecule has 3 heterocycles. The van der Waals surface area contributed by atoms with Crippen LogP contribution in [0.1, 0.15) is 32.9 Å². The van der Waals surface area contributed by atoms with Crippen LogP contribution in [0.25, 0.3) is 11.0 Å². The van der Waals surface area contributed by atoms with E-state index in [1.165, 1.54) is 0 Å². The molecule has 0 aliphatic heterocycles. The second kappa shape index (κ2) is 7.26. The van der Waals surface area contributed by atoms with Gasteiger partial charge in [0.15, 0.2) is 5.65 Å². The van der Waals surface area contributed by atoms with E-state index in [0.717, 1.165) is 33.6 Å². The van der Waals surface area contributed by atoms with Gasteiger partial charge in [-0.15, -0.1) is 0 Å². The van der Waals surface area contributed by atoms with Crippen molar-refractivity contribution in [2.24, 2.45) is 0 Å². The molecule has 7 heteroatoms. The number of aromatic nitrogens is 4. The maximum Gasteiger partial charge on any atom is 0.255 e. The van der Waals surface area contributed by atoms with Gasteiger partial charge in [-0.05, 0) is 25.5 Å². The Balaban J connectivity index is 1.55. The molecule has 0 radical (unpaired) electrons. The van der Waals surface area contributed by atoms with Crippen molar-refractivity contribution < 1.29 is 9.32 Å². The van der Waals surface area contributed by atoms with Crippen LogP contribution in [0.15, 0.2) is 53.3 Å². The highest BCUT2D eigenvalue weighted by Crippen LogP contribution is 2.18. The Morgan fingerprint density at radius 1 is 1.18 bits per heavy atom. The fraction of sp³-hybridized carbons (Fsp3) is 0.238. The number of benzene rings is 1. The first-order valence-corrected chi connectivity index (χ1v) is 9.05. The minimum atomic E-state index is -0.106. The zero-order valence-corrected chi connectivity index (χ0v) is 16.1. The Morgan fingerprint density at radius 3 is 2.68 bits per heavy atom. The maximum atomic E-state index is 12.8. The molecule has 28 heavy (non-hydrogen) atoms. The van der Waals surface area contributed by atoms with Gasteiger partial charge >= 0.3 is 0 Å². The molecule has 0 unspecified atom stereocenters. The summed E-state index contributed by atoms with van der Waals surface area (Å²) in [7, 11) is 1.76. The Bertz CT molecular complexity index is 1110. The van der Waals surface area contributed by atoms with Crippen LogP contribution in [0.4, 0.5) is 0 Å². The molecule has 0 saturated heterocycles. The number of fused-ring (bicyclic) bond motifs is 1. The summed E-state index contributed by atoms with van der Waals surface area (Å²) in [4.78, 5) is 19.0. The van der Waals surface area contributed by atoms with Crippen LogP contribution in [0.3, 0.4) is 0 Å². The molecule has 0 spiro atoms. The lowest BCUT2D eigenvalue weighted by Crippen LogP contribution is -2.26. The first kappa shape index (κ1) is 17.9. The molecule has 142 valence electrons. The number of aryl methyl sites for hydroxylation is 2. The van der Waals surface area contributed by atoms with Crippen LogP contribution in [-0.4, -0.2) is 37.8 Å². The molecule has 7 nitrogen and oxygen atoms in total. The summed E-state index contributed by atoms with van der Waals surface area (Å²) in [6.45, 7) is 4.79. The predicted molar refractivity (Wildman–Crippen MR) is 105 cm³/mol. The van der Waals surface area contributed by atoms with Crippen molar-refractivity contribution in [2.75, 3.05) is 7.05 Å². The smallest absolute Gasteiger partial charge is 0.255 e. The van der Waals surface area contributed by atoms with E-state index in [2.05, 4.69) is 27.4 Å². The highest BCUT2D eigenvalue weighted by Gasteiger charge is 2.18. The number of carbonyl (C=O) groups is 1. The molecule has 3 aromatic heterocycles. The summed E-state index contributed by atoms with van der Waals surface area (Å²) in [6.07, 6.45) is 3.36. The molecule has 1 aromatic carbocycles. The molecule has 0 bridgehead atoms. The van der Waals surface area contributed by atoms with E-state index in [1.807, 2.05) is 42.8 Å². The topological polar surface area (TPSA) is 77.1 Å². The monoisotopic (exact) mass is 375 g/mol. The minimum absolute atomic E-state index is 0.106. The number of hydrogen-bond acceptors (Lipinski definition) is 5. The van der Waals surface area contributed by atoms with Gasteiger partial charge in [-0.3, -0.25) is 4.79 Å². The fourth-order valence-corrected chi connectivity index (χ4v) is 3.22. The maximum absolute atomic E-state index is 12.8. The van der Waals surface area contributed by atoms with E-state index in [9.17, 15) is 4.79 Å². The number of carbonyl (C=O) groups excluding carboxylic acids is 1. The molecular weight excluding hydrogens is 354 g/mol. The Hall–Kier alpha value is -3.48. The molecule has 4 rings (SSSR count). The molecule has 0 saturated carbocycles. The summed E-state index contributed by atoms with van der Waals surface area (Å²) in [5, 5.41) is 9.21. The molecule has 0 aliphatic carbocycles. The van der Waals surface area contributed by atoms with Crippen LogP contribution in [0.2, 0.25) is 0 Å². The van der Waals surface area contributed by atoms with Crippen molar-refractivity contribution in [2.45, 2.75) is 26.9 Å². The molecule has 4 aromatic rings. The highest BCUT2D eigenvalue weighted by atomic mass is 16.5. The number of rotatable bonds is 5. The number of pyridine rings is 1. The standard InChI is InChI=1S/C21H21N5O2/c1-14-19(15(2)28-24-14)13-25(3)21(27)18-9-17-11-23-26(20(17)22-10-18)12-16-7-5-4-6-8-16/h4-11H,12-13H2,1-3H3. The molecule has 1 amide bonds. The van der Waals surface area contributed by atoms with Crippen molar-refractivity contribution in [3.63, 3.8) is 0 Å². The van der Waals surface area contributed by atoms with Crippen molar-refractivity contribution in [1.82, 2.24) is 24.8 Å². The zero-order valence-electron chi connectivity index (χ0n) is 16.1. The van der Waals surface area contributed by atoms with Gasteiger partial charge in [0.2, 0.25) is 0 Å². The summed E-state index contributed by atoms with van der Waals surface area (Å²) in [6, 6.07) is 11.9. The Morgan fingerprint density at radius 2 is 1.96 bits per heavy atom. The van der Waals surface area contributed by atoms with Crippen LogP contribution in [-0.2, 0) is 13.1 Å². The van der Waals surface area contributed by atoms with Gasteiger partial charge in [-0.1, -0.05) is 35.5 Å². The number of hydrogen-bond donors (Lipinski definition) is 0. The fourth-order valence-electron chi connectivity index (χ4n) is 3.22. The number of amides is 1. The lowest BCUT2D eigenvalue weighted by Gasteiger charge is -2.17. The van der Waals surface area contributed by atoms with E-state index >= 15 is 0 Å². The Kier molecular flexibility index (Phi) is 4.65. The van der Waals surface area contributed by atoms with Crippen molar-refractivity contribution in [1.29, 1.82) is 0 Å². The third-order valence-corrected chi connectivity index (χ3v) is 4.82. The molecule has 0 aliphatic rings. The van der Waals surface area contributed by atoms with Crippen LogP contribution < -0.4 is 0 Å². The van der Waals surface area contributed by atoms with E-state index in [-0.39, 0.29) is 5.91 Å². The summed E-state index contributed by atoms with van der Waals surface area (Å²) >= 11 is 0. The molecule has 0 fully saturated rings. The molecule has 0 N–H and O–H groups in total. The van der Waals surface area contributed by atoms with Gasteiger partial charge in [0.1, 0.15) is 5.76 Å².